The highest BCUT2D eigenvalue weighted by Crippen LogP contribution is 2.22. The van der Waals surface area contributed by atoms with Gasteiger partial charge in [0.1, 0.15) is 0 Å². The van der Waals surface area contributed by atoms with E-state index in [2.05, 4.69) is 55.7 Å². The van der Waals surface area contributed by atoms with Gasteiger partial charge in [0.25, 0.3) is 0 Å². The van der Waals surface area contributed by atoms with Gasteiger partial charge < -0.3 is 10.6 Å². The molecule has 0 unspecified atom stereocenters. The molecule has 0 saturated heterocycles. The Bertz CT molecular complexity index is 314. The van der Waals surface area contributed by atoms with Gasteiger partial charge in [0.2, 0.25) is 0 Å². The normalized spacial score (nSPS) is 11.8. The minimum Gasteiger partial charge on any atom is -0.320 e. The summed E-state index contributed by atoms with van der Waals surface area (Å²) in [4.78, 5) is 0. The molecule has 96 valence electrons. The van der Waals surface area contributed by atoms with Gasteiger partial charge in [-0.2, -0.15) is 0 Å². The van der Waals surface area contributed by atoms with Crippen LogP contribution in [0.1, 0.15) is 31.4 Å². The average molecular weight is 234 g/mol. The Balaban J connectivity index is 2.42. The van der Waals surface area contributed by atoms with Gasteiger partial charge in [0.15, 0.2) is 0 Å². The van der Waals surface area contributed by atoms with E-state index in [1.165, 1.54) is 17.5 Å². The lowest BCUT2D eigenvalue weighted by Gasteiger charge is -2.26. The van der Waals surface area contributed by atoms with E-state index >= 15 is 0 Å². The lowest BCUT2D eigenvalue weighted by Crippen LogP contribution is -2.34. The molecule has 0 atom stereocenters. The molecule has 17 heavy (non-hydrogen) atoms. The number of benzene rings is 1. The molecule has 0 saturated carbocycles. The average Bonchev–Trinajstić information content (AvgIpc) is 2.29. The number of hydrogen-bond donors (Lipinski definition) is 2. The summed E-state index contributed by atoms with van der Waals surface area (Å²) >= 11 is 0. The van der Waals surface area contributed by atoms with Crippen molar-refractivity contribution in [1.82, 2.24) is 10.6 Å². The molecule has 0 aliphatic rings. The van der Waals surface area contributed by atoms with Crippen LogP contribution in [0, 0.1) is 6.92 Å². The van der Waals surface area contributed by atoms with Gasteiger partial charge >= 0.3 is 0 Å². The molecule has 0 spiro atoms. The van der Waals surface area contributed by atoms with Crippen LogP contribution < -0.4 is 10.6 Å². The first-order valence-electron chi connectivity index (χ1n) is 6.49. The number of aryl methyl sites for hydroxylation is 1. The zero-order valence-corrected chi connectivity index (χ0v) is 11.6. The molecule has 1 rings (SSSR count). The Hall–Kier alpha value is -0.860. The smallest absolute Gasteiger partial charge is 0.00431 e. The Morgan fingerprint density at radius 3 is 2.29 bits per heavy atom. The standard InChI is InChI=1S/C15H26N2/c1-13-6-8-14(9-7-13)15(2,3)12-17-11-5-10-16-4/h6-9,16-17H,5,10-12H2,1-4H3. The number of hydrogen-bond acceptors (Lipinski definition) is 2. The first-order chi connectivity index (χ1) is 8.06. The highest BCUT2D eigenvalue weighted by molar-refractivity contribution is 5.27. The Kier molecular flexibility index (Phi) is 5.66. The van der Waals surface area contributed by atoms with Crippen LogP contribution in [0.4, 0.5) is 0 Å². The van der Waals surface area contributed by atoms with Crippen molar-refractivity contribution in [1.29, 1.82) is 0 Å². The van der Waals surface area contributed by atoms with Crippen molar-refractivity contribution < 1.29 is 0 Å². The second-order valence-electron chi connectivity index (χ2n) is 5.38. The molecule has 2 N–H and O–H groups in total. The lowest BCUT2D eigenvalue weighted by molar-refractivity contribution is 0.464. The molecule has 1 aromatic rings. The summed E-state index contributed by atoms with van der Waals surface area (Å²) in [5.41, 5.74) is 2.93. The molecule has 0 radical (unpaired) electrons. The molecule has 0 bridgehead atoms. The molecule has 0 fully saturated rings. The highest BCUT2D eigenvalue weighted by atomic mass is 14.9. The SMILES string of the molecule is CNCCCNCC(C)(C)c1ccc(C)cc1. The van der Waals surface area contributed by atoms with Crippen molar-refractivity contribution in [3.05, 3.63) is 35.4 Å². The van der Waals surface area contributed by atoms with E-state index in [0.29, 0.717) is 0 Å². The van der Waals surface area contributed by atoms with E-state index in [9.17, 15) is 0 Å². The first kappa shape index (κ1) is 14.2. The van der Waals surface area contributed by atoms with Gasteiger partial charge in [0, 0.05) is 12.0 Å². The van der Waals surface area contributed by atoms with E-state index in [4.69, 9.17) is 0 Å². The van der Waals surface area contributed by atoms with Crippen molar-refractivity contribution >= 4 is 0 Å². The summed E-state index contributed by atoms with van der Waals surface area (Å²) in [6.07, 6.45) is 1.18. The summed E-state index contributed by atoms with van der Waals surface area (Å²) in [6, 6.07) is 8.87. The largest absolute Gasteiger partial charge is 0.320 e. The van der Waals surface area contributed by atoms with Crippen LogP contribution in [0.5, 0.6) is 0 Å². The van der Waals surface area contributed by atoms with Crippen molar-refractivity contribution in [2.24, 2.45) is 0 Å². The zero-order chi connectivity index (χ0) is 12.7. The minimum atomic E-state index is 0.202. The second kappa shape index (κ2) is 6.77. The third-order valence-electron chi connectivity index (χ3n) is 3.18. The van der Waals surface area contributed by atoms with E-state index in [-0.39, 0.29) is 5.41 Å². The van der Waals surface area contributed by atoms with Crippen LogP contribution in [0.3, 0.4) is 0 Å². The van der Waals surface area contributed by atoms with Gasteiger partial charge in [-0.25, -0.2) is 0 Å². The number of rotatable bonds is 7. The predicted octanol–water partition coefficient (Wildman–Crippen LogP) is 2.47. The van der Waals surface area contributed by atoms with Crippen LogP contribution in [-0.2, 0) is 5.41 Å². The van der Waals surface area contributed by atoms with Crippen molar-refractivity contribution in [2.45, 2.75) is 32.6 Å². The fourth-order valence-corrected chi connectivity index (χ4v) is 1.90. The summed E-state index contributed by atoms with van der Waals surface area (Å²) in [7, 11) is 2.00. The van der Waals surface area contributed by atoms with Gasteiger partial charge in [-0.05, 0) is 39.0 Å². The maximum atomic E-state index is 3.53. The monoisotopic (exact) mass is 234 g/mol. The molecule has 0 aliphatic carbocycles. The van der Waals surface area contributed by atoms with Crippen LogP contribution in [-0.4, -0.2) is 26.7 Å². The van der Waals surface area contributed by atoms with Crippen molar-refractivity contribution in [3.63, 3.8) is 0 Å². The van der Waals surface area contributed by atoms with E-state index in [1.807, 2.05) is 7.05 Å². The third-order valence-corrected chi connectivity index (χ3v) is 3.18. The highest BCUT2D eigenvalue weighted by Gasteiger charge is 2.19. The minimum absolute atomic E-state index is 0.202. The Morgan fingerprint density at radius 1 is 1.06 bits per heavy atom. The fourth-order valence-electron chi connectivity index (χ4n) is 1.90. The maximum Gasteiger partial charge on any atom is 0.00431 e. The van der Waals surface area contributed by atoms with Gasteiger partial charge in [-0.1, -0.05) is 43.7 Å². The lowest BCUT2D eigenvalue weighted by atomic mass is 9.84. The van der Waals surface area contributed by atoms with Crippen LogP contribution >= 0.6 is 0 Å². The van der Waals surface area contributed by atoms with Crippen LogP contribution in [0.2, 0.25) is 0 Å². The van der Waals surface area contributed by atoms with E-state index < -0.39 is 0 Å². The molecule has 0 aromatic heterocycles. The third kappa shape index (κ3) is 4.88. The summed E-state index contributed by atoms with van der Waals surface area (Å²) in [5, 5.41) is 6.70. The second-order valence-corrected chi connectivity index (χ2v) is 5.38. The maximum absolute atomic E-state index is 3.53. The molecule has 2 nitrogen and oxygen atoms in total. The molecule has 1 aromatic carbocycles. The van der Waals surface area contributed by atoms with Gasteiger partial charge in [-0.3, -0.25) is 0 Å². The van der Waals surface area contributed by atoms with E-state index in [1.54, 1.807) is 0 Å². The number of nitrogens with one attached hydrogen (secondary N) is 2. The Morgan fingerprint density at radius 2 is 1.71 bits per heavy atom. The molecule has 0 aliphatic heterocycles. The first-order valence-corrected chi connectivity index (χ1v) is 6.49. The van der Waals surface area contributed by atoms with Crippen LogP contribution in [0.25, 0.3) is 0 Å². The topological polar surface area (TPSA) is 24.1 Å². The van der Waals surface area contributed by atoms with Crippen molar-refractivity contribution in [3.8, 4) is 0 Å². The predicted molar refractivity (Wildman–Crippen MR) is 75.6 cm³/mol. The zero-order valence-electron chi connectivity index (χ0n) is 11.6. The molecule has 2 heteroatoms. The van der Waals surface area contributed by atoms with Crippen molar-refractivity contribution in [2.75, 3.05) is 26.7 Å². The molecular formula is C15H26N2. The molecule has 0 heterocycles. The van der Waals surface area contributed by atoms with Gasteiger partial charge in [0.05, 0.1) is 0 Å². The summed E-state index contributed by atoms with van der Waals surface area (Å²) in [5.74, 6) is 0. The molecular weight excluding hydrogens is 208 g/mol. The summed E-state index contributed by atoms with van der Waals surface area (Å²) < 4.78 is 0. The summed E-state index contributed by atoms with van der Waals surface area (Å²) in [6.45, 7) is 9.91. The quantitative estimate of drug-likeness (QED) is 0.708. The Labute approximate surface area is 106 Å². The van der Waals surface area contributed by atoms with Gasteiger partial charge in [-0.15, -0.1) is 0 Å². The fraction of sp³-hybridized carbons (Fsp3) is 0.600. The van der Waals surface area contributed by atoms with Crippen LogP contribution in [0.15, 0.2) is 24.3 Å². The van der Waals surface area contributed by atoms with E-state index in [0.717, 1.165) is 19.6 Å². The molecule has 0 amide bonds.